The number of aliphatic hydroxyl groups excluding tert-OH is 2. The summed E-state index contributed by atoms with van der Waals surface area (Å²) in [4.78, 5) is 43.1. The standard InChI is InChI=1S/C49H62N4O12/c1-26-14-13-15-27(2)48(61)51-39-34(24-50-53-21-19-52(20-22-53)25-33-16-11-10-12-17-33)43(58)36-37(44(39)59)42(57)31(6)46-38(36)47(60)49(8,65-46)63-23-18-35(62-9)28(3)45(64-32(7)54)30(5)41(56)29(4)40(26)55/h10-18,23-24,26,28-30,35,40-41,45,55-59H,19-22,25H2,1-9H3,(H,51,61). The maximum atomic E-state index is 14.6. The first kappa shape index (κ1) is 48.5. The zero-order valence-corrected chi connectivity index (χ0v) is 38.4. The number of hydrogen-bond acceptors (Lipinski definition) is 15. The number of nitrogens with zero attached hydrogens (tertiary/aromatic N) is 3. The number of fused-ring (bicyclic) bond motifs is 14. The maximum absolute atomic E-state index is 14.6. The Bertz CT molecular complexity index is 2390. The number of nitrogens with one attached hydrogen (secondary N) is 1. The highest BCUT2D eigenvalue weighted by molar-refractivity contribution is 6.23. The number of ether oxygens (including phenoxy) is 4. The molecule has 0 radical (unpaired) electrons. The van der Waals surface area contributed by atoms with Gasteiger partial charge in [0.2, 0.25) is 0 Å². The Morgan fingerprint density at radius 3 is 2.25 bits per heavy atom. The maximum Gasteiger partial charge on any atom is 0.312 e. The van der Waals surface area contributed by atoms with E-state index in [1.807, 2.05) is 18.2 Å². The van der Waals surface area contributed by atoms with Crippen LogP contribution >= 0.6 is 0 Å². The number of methoxy groups -OCH3 is 1. The second-order valence-corrected chi connectivity index (χ2v) is 17.6. The molecule has 4 aliphatic rings. The predicted octanol–water partition coefficient (Wildman–Crippen LogP) is 5.91. The fraction of sp³-hybridized carbons (Fsp3) is 0.469. The third kappa shape index (κ3) is 10.0. The molecule has 0 saturated carbocycles. The van der Waals surface area contributed by atoms with Crippen LogP contribution in [0.2, 0.25) is 0 Å². The molecule has 4 heterocycles. The van der Waals surface area contributed by atoms with Crippen molar-refractivity contribution in [3.63, 3.8) is 0 Å². The van der Waals surface area contributed by atoms with Gasteiger partial charge in [-0.2, -0.15) is 5.10 Å². The molecule has 16 nitrogen and oxygen atoms in total. The second-order valence-electron chi connectivity index (χ2n) is 17.6. The summed E-state index contributed by atoms with van der Waals surface area (Å²) in [5.41, 5.74) is 0.808. The highest BCUT2D eigenvalue weighted by atomic mass is 16.7. The third-order valence-electron chi connectivity index (χ3n) is 13.0. The number of anilines is 1. The van der Waals surface area contributed by atoms with Crippen molar-refractivity contribution in [2.45, 2.75) is 92.1 Å². The van der Waals surface area contributed by atoms with Crippen LogP contribution in [0.1, 0.15) is 75.5 Å². The molecule has 1 saturated heterocycles. The van der Waals surface area contributed by atoms with Gasteiger partial charge in [0.1, 0.15) is 23.4 Å². The Hall–Kier alpha value is -5.94. The van der Waals surface area contributed by atoms with Gasteiger partial charge in [-0.05, 0) is 25.5 Å². The number of rotatable bonds is 6. The lowest BCUT2D eigenvalue weighted by atomic mass is 9.78. The molecular formula is C49H62N4O12. The molecular weight excluding hydrogens is 837 g/mol. The molecule has 9 atom stereocenters. The first-order chi connectivity index (χ1) is 30.8. The molecule has 9 unspecified atom stereocenters. The van der Waals surface area contributed by atoms with Crippen molar-refractivity contribution in [2.24, 2.45) is 28.8 Å². The Balaban J connectivity index is 1.46. The number of phenols is 3. The fourth-order valence-corrected chi connectivity index (χ4v) is 8.86. The summed E-state index contributed by atoms with van der Waals surface area (Å²) < 4.78 is 23.7. The number of ketones is 1. The van der Waals surface area contributed by atoms with Crippen LogP contribution in [0, 0.1) is 30.6 Å². The average molecular weight is 899 g/mol. The molecule has 3 aromatic rings. The van der Waals surface area contributed by atoms with E-state index in [-0.39, 0.29) is 44.5 Å². The Morgan fingerprint density at radius 1 is 0.923 bits per heavy atom. The normalized spacial score (nSPS) is 28.4. The number of carbonyl (C=O) groups is 3. The summed E-state index contributed by atoms with van der Waals surface area (Å²) in [7, 11) is 1.44. The summed E-state index contributed by atoms with van der Waals surface area (Å²) >= 11 is 0. The molecule has 1 fully saturated rings. The van der Waals surface area contributed by atoms with Gasteiger partial charge in [-0.1, -0.05) is 76.3 Å². The molecule has 16 heteroatoms. The van der Waals surface area contributed by atoms with Gasteiger partial charge in [0.25, 0.3) is 11.7 Å². The molecule has 350 valence electrons. The van der Waals surface area contributed by atoms with Crippen LogP contribution in [0.5, 0.6) is 23.0 Å². The van der Waals surface area contributed by atoms with E-state index < -0.39 is 88.8 Å². The number of aromatic hydroxyl groups is 3. The van der Waals surface area contributed by atoms with E-state index in [1.165, 1.54) is 65.0 Å². The fourth-order valence-electron chi connectivity index (χ4n) is 8.86. The van der Waals surface area contributed by atoms with Crippen molar-refractivity contribution in [1.82, 2.24) is 9.91 Å². The van der Waals surface area contributed by atoms with Gasteiger partial charge in [-0.25, -0.2) is 0 Å². The number of phenolic OH excluding ortho intramolecular Hbond substituents is 3. The van der Waals surface area contributed by atoms with E-state index >= 15 is 0 Å². The molecule has 5 bridgehead atoms. The zero-order valence-electron chi connectivity index (χ0n) is 38.4. The molecule has 4 aliphatic heterocycles. The summed E-state index contributed by atoms with van der Waals surface area (Å²) in [5.74, 6) is -8.42. The smallest absolute Gasteiger partial charge is 0.312 e. The summed E-state index contributed by atoms with van der Waals surface area (Å²) in [6, 6.07) is 10.1. The minimum atomic E-state index is -2.06. The van der Waals surface area contributed by atoms with Crippen molar-refractivity contribution in [3.05, 3.63) is 88.7 Å². The lowest BCUT2D eigenvalue weighted by molar-refractivity contribution is -0.160. The van der Waals surface area contributed by atoms with E-state index in [0.717, 1.165) is 6.54 Å². The van der Waals surface area contributed by atoms with Crippen LogP contribution in [-0.4, -0.2) is 123 Å². The number of hydrogen-bond donors (Lipinski definition) is 6. The lowest BCUT2D eigenvalue weighted by Crippen LogP contribution is -2.46. The van der Waals surface area contributed by atoms with Crippen molar-refractivity contribution in [3.8, 4) is 23.0 Å². The van der Waals surface area contributed by atoms with Crippen molar-refractivity contribution in [2.75, 3.05) is 38.6 Å². The number of piperazine rings is 1. The zero-order chi connectivity index (χ0) is 47.5. The minimum absolute atomic E-state index is 0.0522. The first-order valence-corrected chi connectivity index (χ1v) is 21.9. The van der Waals surface area contributed by atoms with Crippen molar-refractivity contribution in [1.29, 1.82) is 0 Å². The number of amides is 1. The molecule has 3 aromatic carbocycles. The molecule has 65 heavy (non-hydrogen) atoms. The third-order valence-corrected chi connectivity index (χ3v) is 13.0. The monoisotopic (exact) mass is 898 g/mol. The highest BCUT2D eigenvalue weighted by Gasteiger charge is 2.50. The number of carbonyl (C=O) groups excluding carboxylic acids is 3. The van der Waals surface area contributed by atoms with Gasteiger partial charge < -0.3 is 49.8 Å². The summed E-state index contributed by atoms with van der Waals surface area (Å²) in [6.07, 6.45) is 4.87. The van der Waals surface area contributed by atoms with E-state index in [0.29, 0.717) is 26.2 Å². The molecule has 6 N–H and O–H groups in total. The van der Waals surface area contributed by atoms with Crippen LogP contribution < -0.4 is 10.1 Å². The van der Waals surface area contributed by atoms with Gasteiger partial charge >= 0.3 is 11.8 Å². The number of Topliss-reactive ketones (excluding diaryl/α,β-unsaturated/α-hetero) is 1. The molecule has 0 spiro atoms. The number of esters is 1. The number of benzene rings is 3. The highest BCUT2D eigenvalue weighted by Crippen LogP contribution is 2.55. The van der Waals surface area contributed by atoms with Crippen LogP contribution in [-0.2, 0) is 30.3 Å². The molecule has 0 aromatic heterocycles. The first-order valence-electron chi connectivity index (χ1n) is 21.9. The molecule has 7 rings (SSSR count). The SMILES string of the molecule is COC1C=COC2(C)Oc3c(C)c(O)c4c(O)c(c(C=NN5CCN(Cc6ccccc6)CC5)c(O)c4c3C2=O)NC(=O)C(C)=CC=CC(C)C(O)C(C)C(O)C(C)C(OC(C)=O)C1C. The average Bonchev–Trinajstić information content (AvgIpc) is 3.55. The van der Waals surface area contributed by atoms with Gasteiger partial charge in [0.15, 0.2) is 5.75 Å². The van der Waals surface area contributed by atoms with Crippen molar-refractivity contribution < 1.29 is 58.9 Å². The van der Waals surface area contributed by atoms with E-state index in [1.54, 1.807) is 44.9 Å². The van der Waals surface area contributed by atoms with Crippen molar-refractivity contribution >= 4 is 40.3 Å². The Morgan fingerprint density at radius 2 is 1.60 bits per heavy atom. The Labute approximate surface area is 379 Å². The van der Waals surface area contributed by atoms with Gasteiger partial charge in [0.05, 0.1) is 53.0 Å². The van der Waals surface area contributed by atoms with Crippen LogP contribution in [0.15, 0.2) is 71.6 Å². The lowest BCUT2D eigenvalue weighted by Gasteiger charge is -2.38. The van der Waals surface area contributed by atoms with Gasteiger partial charge in [0, 0.05) is 93.9 Å². The topological polar surface area (TPSA) is 220 Å². The van der Waals surface area contributed by atoms with Crippen LogP contribution in [0.4, 0.5) is 5.69 Å². The van der Waals surface area contributed by atoms with E-state index in [9.17, 15) is 39.9 Å². The second kappa shape index (κ2) is 20.1. The summed E-state index contributed by atoms with van der Waals surface area (Å²) in [6.45, 7) is 15.8. The number of hydrazone groups is 1. The van der Waals surface area contributed by atoms with E-state index in [2.05, 4.69) is 27.5 Å². The quantitative estimate of drug-likeness (QED) is 0.0734. The number of allylic oxidation sites excluding steroid dienone is 2. The number of aliphatic hydroxyl groups is 2. The van der Waals surface area contributed by atoms with Gasteiger partial charge in [-0.3, -0.25) is 24.3 Å². The van der Waals surface area contributed by atoms with E-state index in [4.69, 9.17) is 18.9 Å². The predicted molar refractivity (Wildman–Crippen MR) is 245 cm³/mol. The largest absolute Gasteiger partial charge is 0.507 e. The Kier molecular flexibility index (Phi) is 15.0. The van der Waals surface area contributed by atoms with Crippen LogP contribution in [0.3, 0.4) is 0 Å². The minimum Gasteiger partial charge on any atom is -0.507 e. The summed E-state index contributed by atoms with van der Waals surface area (Å²) in [5, 5.41) is 67.5. The van der Waals surface area contributed by atoms with Crippen LogP contribution in [0.25, 0.3) is 10.8 Å². The molecule has 0 aliphatic carbocycles. The van der Waals surface area contributed by atoms with Gasteiger partial charge in [-0.15, -0.1) is 0 Å². The molecule has 1 amide bonds.